The van der Waals surface area contributed by atoms with E-state index in [1.54, 1.807) is 10.8 Å². The molecule has 0 amide bonds. The van der Waals surface area contributed by atoms with E-state index < -0.39 is 18.4 Å². The summed E-state index contributed by atoms with van der Waals surface area (Å²) in [6, 6.07) is 2.04. The number of nitrogens with zero attached hydrogens (tertiary/aromatic N) is 4. The maximum atomic E-state index is 9.79. The Hall–Kier alpha value is -2.21. The molecule has 8 nitrogen and oxygen atoms in total. The molecule has 20 heavy (non-hydrogen) atoms. The number of fused-ring (bicyclic) bond motifs is 1. The van der Waals surface area contributed by atoms with Gasteiger partial charge in [0.05, 0.1) is 23.7 Å². The van der Waals surface area contributed by atoms with Gasteiger partial charge in [0.25, 0.3) is 0 Å². The molecule has 0 aromatic carbocycles. The molecule has 4 N–H and O–H groups in total. The lowest BCUT2D eigenvalue weighted by Gasteiger charge is -2.14. The van der Waals surface area contributed by atoms with Crippen molar-refractivity contribution in [2.75, 3.05) is 12.3 Å². The van der Waals surface area contributed by atoms with Gasteiger partial charge in [0, 0.05) is 12.6 Å². The number of aliphatic hydroxyl groups excluding tert-OH is 2. The Morgan fingerprint density at radius 2 is 2.35 bits per heavy atom. The van der Waals surface area contributed by atoms with Crippen LogP contribution in [0.15, 0.2) is 12.5 Å². The predicted molar refractivity (Wildman–Crippen MR) is 68.3 cm³/mol. The van der Waals surface area contributed by atoms with Crippen molar-refractivity contribution in [3.8, 4) is 6.07 Å². The van der Waals surface area contributed by atoms with Crippen molar-refractivity contribution in [1.82, 2.24) is 14.5 Å². The number of aliphatic hydroxyl groups is 2. The van der Waals surface area contributed by atoms with E-state index in [0.29, 0.717) is 23.0 Å². The minimum absolute atomic E-state index is 0.225. The highest BCUT2D eigenvalue weighted by atomic mass is 16.5. The highest BCUT2D eigenvalue weighted by molar-refractivity contribution is 5.91. The van der Waals surface area contributed by atoms with Gasteiger partial charge in [-0.3, -0.25) is 0 Å². The average molecular weight is 275 g/mol. The van der Waals surface area contributed by atoms with Gasteiger partial charge in [-0.1, -0.05) is 0 Å². The first-order chi connectivity index (χ1) is 9.65. The SMILES string of the molecule is N#Cc1cn(C2CC(O)C(CO)O2)c2ncnc(N)c12. The minimum atomic E-state index is -0.757. The molecule has 2 aromatic heterocycles. The van der Waals surface area contributed by atoms with E-state index in [4.69, 9.17) is 20.8 Å². The summed E-state index contributed by atoms with van der Waals surface area (Å²) in [5.74, 6) is 0.225. The smallest absolute Gasteiger partial charge is 0.148 e. The molecule has 3 rings (SSSR count). The summed E-state index contributed by atoms with van der Waals surface area (Å²) >= 11 is 0. The lowest BCUT2D eigenvalue weighted by atomic mass is 10.2. The van der Waals surface area contributed by atoms with Crippen LogP contribution in [0, 0.1) is 11.3 Å². The number of anilines is 1. The first-order valence-electron chi connectivity index (χ1n) is 6.11. The lowest BCUT2D eigenvalue weighted by molar-refractivity contribution is -0.0430. The Morgan fingerprint density at radius 3 is 3.00 bits per heavy atom. The average Bonchev–Trinajstić information content (AvgIpc) is 3.00. The van der Waals surface area contributed by atoms with Crippen molar-refractivity contribution < 1.29 is 14.9 Å². The Labute approximate surface area is 114 Å². The van der Waals surface area contributed by atoms with Crippen LogP contribution in [0.1, 0.15) is 18.2 Å². The molecular formula is C12H13N5O3. The number of nitrogen functional groups attached to an aromatic ring is 1. The number of aromatic nitrogens is 3. The Morgan fingerprint density at radius 1 is 1.55 bits per heavy atom. The predicted octanol–water partition coefficient (Wildman–Crippen LogP) is -0.474. The first-order valence-corrected chi connectivity index (χ1v) is 6.11. The fraction of sp³-hybridized carbons (Fsp3) is 0.417. The molecule has 0 spiro atoms. The second kappa shape index (κ2) is 4.72. The van der Waals surface area contributed by atoms with Crippen LogP contribution in [-0.2, 0) is 4.74 Å². The van der Waals surface area contributed by atoms with Crippen molar-refractivity contribution in [3.05, 3.63) is 18.1 Å². The van der Waals surface area contributed by atoms with Crippen LogP contribution in [0.4, 0.5) is 5.82 Å². The van der Waals surface area contributed by atoms with Crippen molar-refractivity contribution in [1.29, 1.82) is 5.26 Å². The standard InChI is InChI=1S/C12H13N5O3/c13-2-6-3-17(9-1-7(19)8(4-18)20-9)12-10(6)11(14)15-5-16-12/h3,5,7-9,18-19H,1,4H2,(H2,14,15,16). The van der Waals surface area contributed by atoms with Crippen LogP contribution in [0.5, 0.6) is 0 Å². The molecular weight excluding hydrogens is 262 g/mol. The Balaban J connectivity index is 2.10. The molecule has 0 bridgehead atoms. The highest BCUT2D eigenvalue weighted by Crippen LogP contribution is 2.33. The van der Waals surface area contributed by atoms with Crippen LogP contribution in [-0.4, -0.2) is 43.6 Å². The van der Waals surface area contributed by atoms with Gasteiger partial charge in [-0.05, 0) is 0 Å². The maximum Gasteiger partial charge on any atom is 0.148 e. The fourth-order valence-corrected chi connectivity index (χ4v) is 2.46. The molecule has 1 fully saturated rings. The van der Waals surface area contributed by atoms with Gasteiger partial charge in [0.15, 0.2) is 0 Å². The number of hydrogen-bond acceptors (Lipinski definition) is 7. The number of hydrogen-bond donors (Lipinski definition) is 3. The summed E-state index contributed by atoms with van der Waals surface area (Å²) in [4.78, 5) is 8.00. The largest absolute Gasteiger partial charge is 0.394 e. The summed E-state index contributed by atoms with van der Waals surface area (Å²) in [7, 11) is 0. The van der Waals surface area contributed by atoms with Crippen LogP contribution >= 0.6 is 0 Å². The Kier molecular flexibility index (Phi) is 3.02. The molecule has 1 aliphatic heterocycles. The number of ether oxygens (including phenoxy) is 1. The summed E-state index contributed by atoms with van der Waals surface area (Å²) in [6.07, 6.45) is 1.30. The number of nitrogens with two attached hydrogens (primary N) is 1. The maximum absolute atomic E-state index is 9.79. The third-order valence-corrected chi connectivity index (χ3v) is 3.45. The van der Waals surface area contributed by atoms with Gasteiger partial charge in [-0.2, -0.15) is 5.26 Å². The van der Waals surface area contributed by atoms with E-state index in [1.807, 2.05) is 6.07 Å². The monoisotopic (exact) mass is 275 g/mol. The molecule has 3 heterocycles. The van der Waals surface area contributed by atoms with E-state index in [0.717, 1.165) is 0 Å². The van der Waals surface area contributed by atoms with Crippen molar-refractivity contribution in [2.45, 2.75) is 24.9 Å². The molecule has 104 valence electrons. The topological polar surface area (TPSA) is 130 Å². The first kappa shape index (κ1) is 12.8. The minimum Gasteiger partial charge on any atom is -0.394 e. The molecule has 0 saturated carbocycles. The number of nitriles is 1. The summed E-state index contributed by atoms with van der Waals surface area (Å²) in [5, 5.41) is 28.5. The van der Waals surface area contributed by atoms with Gasteiger partial charge in [-0.25, -0.2) is 9.97 Å². The van der Waals surface area contributed by atoms with Crippen LogP contribution < -0.4 is 5.73 Å². The zero-order valence-corrected chi connectivity index (χ0v) is 10.5. The van der Waals surface area contributed by atoms with Gasteiger partial charge in [0.2, 0.25) is 0 Å². The van der Waals surface area contributed by atoms with Crippen LogP contribution in [0.2, 0.25) is 0 Å². The fourth-order valence-electron chi connectivity index (χ4n) is 2.46. The molecule has 0 aliphatic carbocycles. The quantitative estimate of drug-likeness (QED) is 0.675. The third kappa shape index (κ3) is 1.80. The van der Waals surface area contributed by atoms with Crippen LogP contribution in [0.3, 0.4) is 0 Å². The highest BCUT2D eigenvalue weighted by Gasteiger charge is 2.35. The van der Waals surface area contributed by atoms with Crippen molar-refractivity contribution >= 4 is 16.9 Å². The molecule has 2 aromatic rings. The van der Waals surface area contributed by atoms with E-state index >= 15 is 0 Å². The second-order valence-electron chi connectivity index (χ2n) is 4.63. The summed E-state index contributed by atoms with van der Waals surface area (Å²) in [6.45, 7) is -0.265. The second-order valence-corrected chi connectivity index (χ2v) is 4.63. The molecule has 1 saturated heterocycles. The molecule has 3 atom stereocenters. The van der Waals surface area contributed by atoms with Crippen molar-refractivity contribution in [2.24, 2.45) is 0 Å². The number of rotatable bonds is 2. The Bertz CT molecular complexity index is 692. The zero-order valence-electron chi connectivity index (χ0n) is 10.5. The molecule has 3 unspecified atom stereocenters. The molecule has 0 radical (unpaired) electrons. The van der Waals surface area contributed by atoms with E-state index in [2.05, 4.69) is 9.97 Å². The van der Waals surface area contributed by atoms with E-state index in [1.165, 1.54) is 6.33 Å². The molecule has 8 heteroatoms. The van der Waals surface area contributed by atoms with Gasteiger partial charge < -0.3 is 25.3 Å². The van der Waals surface area contributed by atoms with E-state index in [9.17, 15) is 5.11 Å². The lowest BCUT2D eigenvalue weighted by Crippen LogP contribution is -2.24. The zero-order chi connectivity index (χ0) is 14.3. The van der Waals surface area contributed by atoms with Crippen LogP contribution in [0.25, 0.3) is 11.0 Å². The van der Waals surface area contributed by atoms with Crippen molar-refractivity contribution in [3.63, 3.8) is 0 Å². The summed E-state index contributed by atoms with van der Waals surface area (Å²) < 4.78 is 7.21. The van der Waals surface area contributed by atoms with E-state index in [-0.39, 0.29) is 12.4 Å². The van der Waals surface area contributed by atoms with Gasteiger partial charge >= 0.3 is 0 Å². The third-order valence-electron chi connectivity index (χ3n) is 3.45. The van der Waals surface area contributed by atoms with Gasteiger partial charge in [-0.15, -0.1) is 0 Å². The normalized spacial score (nSPS) is 25.9. The summed E-state index contributed by atoms with van der Waals surface area (Å²) in [5.41, 5.74) is 6.61. The van der Waals surface area contributed by atoms with Gasteiger partial charge in [0.1, 0.15) is 36.2 Å². The molecule has 1 aliphatic rings.